The molecule has 2 aromatic rings. The molecule has 1 heterocycles. The van der Waals surface area contributed by atoms with Gasteiger partial charge in [0.15, 0.2) is 0 Å². The van der Waals surface area contributed by atoms with Gasteiger partial charge in [0, 0.05) is 31.4 Å². The normalized spacial score (nSPS) is 10.4. The van der Waals surface area contributed by atoms with Gasteiger partial charge in [0.05, 0.1) is 9.95 Å². The number of para-hydroxylation sites is 1. The van der Waals surface area contributed by atoms with E-state index in [1.54, 1.807) is 24.5 Å². The Bertz CT molecular complexity index is 557. The van der Waals surface area contributed by atoms with Crippen LogP contribution in [0.3, 0.4) is 0 Å². The second-order valence-electron chi connectivity index (χ2n) is 3.96. The summed E-state index contributed by atoms with van der Waals surface area (Å²) >= 11 is 5.97. The van der Waals surface area contributed by atoms with Crippen molar-refractivity contribution in [3.05, 3.63) is 51.6 Å². The minimum Gasteiger partial charge on any atom is -0.378 e. The molecular weight excluding hydrogens is 268 g/mol. The Kier molecular flexibility index (Phi) is 4.35. The molecule has 100 valence electrons. The van der Waals surface area contributed by atoms with Gasteiger partial charge in [-0.2, -0.15) is 0 Å². The van der Waals surface area contributed by atoms with E-state index in [1.165, 1.54) is 6.07 Å². The van der Waals surface area contributed by atoms with E-state index in [9.17, 15) is 10.1 Å². The van der Waals surface area contributed by atoms with Crippen molar-refractivity contribution in [1.82, 2.24) is 9.97 Å². The Hall–Kier alpha value is -2.08. The predicted molar refractivity (Wildman–Crippen MR) is 73.5 cm³/mol. The summed E-state index contributed by atoms with van der Waals surface area (Å²) in [6.07, 6.45) is 5.04. The number of halogens is 1. The smallest absolute Gasteiger partial charge is 0.293 e. The first-order valence-corrected chi connectivity index (χ1v) is 6.21. The number of aryl methyl sites for hydroxylation is 1. The Morgan fingerprint density at radius 1 is 1.47 bits per heavy atom. The molecule has 2 N–H and O–H groups in total. The number of H-pyrrole nitrogens is 1. The van der Waals surface area contributed by atoms with E-state index in [2.05, 4.69) is 15.3 Å². The number of hydrogen-bond donors (Lipinski definition) is 2. The first kappa shape index (κ1) is 13.4. The lowest BCUT2D eigenvalue weighted by atomic mass is 10.2. The predicted octanol–water partition coefficient (Wildman–Crippen LogP) is 3.02. The topological polar surface area (TPSA) is 83.8 Å². The molecule has 0 spiro atoms. The first-order valence-electron chi connectivity index (χ1n) is 5.83. The van der Waals surface area contributed by atoms with E-state index in [-0.39, 0.29) is 5.69 Å². The lowest BCUT2D eigenvalue weighted by Crippen LogP contribution is -2.06. The van der Waals surface area contributed by atoms with E-state index in [0.29, 0.717) is 17.3 Å². The molecule has 0 aliphatic rings. The molecule has 19 heavy (non-hydrogen) atoms. The molecule has 0 unspecified atom stereocenters. The quantitative estimate of drug-likeness (QED) is 0.484. The van der Waals surface area contributed by atoms with Crippen LogP contribution in [0.5, 0.6) is 0 Å². The highest BCUT2D eigenvalue weighted by Crippen LogP contribution is 2.31. The third-order valence-corrected chi connectivity index (χ3v) is 2.95. The van der Waals surface area contributed by atoms with Crippen LogP contribution in [0.2, 0.25) is 5.02 Å². The number of imidazole rings is 1. The third kappa shape index (κ3) is 3.45. The molecule has 0 amide bonds. The Morgan fingerprint density at radius 3 is 3.00 bits per heavy atom. The highest BCUT2D eigenvalue weighted by Gasteiger charge is 2.15. The standard InChI is InChI=1S/C12H13ClN4O2/c13-9-3-1-4-10(17(18)19)12(9)16-6-2-5-11-14-7-8-15-11/h1,3-4,7-8,16H,2,5-6H2,(H,14,15). The summed E-state index contributed by atoms with van der Waals surface area (Å²) in [6, 6.07) is 4.62. The zero-order chi connectivity index (χ0) is 13.7. The molecule has 7 heteroatoms. The SMILES string of the molecule is O=[N+]([O-])c1cccc(Cl)c1NCCCc1ncc[nH]1. The van der Waals surface area contributed by atoms with Gasteiger partial charge in [0.1, 0.15) is 11.5 Å². The maximum Gasteiger partial charge on any atom is 0.293 e. The van der Waals surface area contributed by atoms with Gasteiger partial charge in [-0.3, -0.25) is 10.1 Å². The molecule has 0 aliphatic carbocycles. The van der Waals surface area contributed by atoms with Gasteiger partial charge in [-0.05, 0) is 12.5 Å². The number of rotatable bonds is 6. The van der Waals surface area contributed by atoms with Crippen LogP contribution in [-0.2, 0) is 6.42 Å². The molecular formula is C12H13ClN4O2. The van der Waals surface area contributed by atoms with Crippen LogP contribution in [-0.4, -0.2) is 21.4 Å². The summed E-state index contributed by atoms with van der Waals surface area (Å²) < 4.78 is 0. The lowest BCUT2D eigenvalue weighted by molar-refractivity contribution is -0.383. The fourth-order valence-electron chi connectivity index (χ4n) is 1.74. The summed E-state index contributed by atoms with van der Waals surface area (Å²) in [7, 11) is 0. The molecule has 1 aromatic carbocycles. The third-order valence-electron chi connectivity index (χ3n) is 2.64. The molecule has 0 fully saturated rings. The Morgan fingerprint density at radius 2 is 2.32 bits per heavy atom. The van der Waals surface area contributed by atoms with Crippen molar-refractivity contribution in [3.63, 3.8) is 0 Å². The number of nitrogens with zero attached hydrogens (tertiary/aromatic N) is 2. The van der Waals surface area contributed by atoms with Crippen molar-refractivity contribution >= 4 is 23.0 Å². The Balaban J connectivity index is 1.93. The van der Waals surface area contributed by atoms with Crippen molar-refractivity contribution in [2.45, 2.75) is 12.8 Å². The van der Waals surface area contributed by atoms with Gasteiger partial charge in [0.2, 0.25) is 0 Å². The molecule has 1 aromatic heterocycles. The van der Waals surface area contributed by atoms with Crippen LogP contribution in [0.4, 0.5) is 11.4 Å². The zero-order valence-corrected chi connectivity index (χ0v) is 10.9. The number of aromatic nitrogens is 2. The highest BCUT2D eigenvalue weighted by molar-refractivity contribution is 6.33. The molecule has 0 radical (unpaired) electrons. The fraction of sp³-hybridized carbons (Fsp3) is 0.250. The minimum atomic E-state index is -0.444. The molecule has 6 nitrogen and oxygen atoms in total. The van der Waals surface area contributed by atoms with Crippen molar-refractivity contribution in [2.75, 3.05) is 11.9 Å². The van der Waals surface area contributed by atoms with Crippen LogP contribution >= 0.6 is 11.6 Å². The summed E-state index contributed by atoms with van der Waals surface area (Å²) in [5.74, 6) is 0.899. The van der Waals surface area contributed by atoms with Crippen LogP contribution in [0.1, 0.15) is 12.2 Å². The summed E-state index contributed by atoms with van der Waals surface area (Å²) in [6.45, 7) is 0.589. The van der Waals surface area contributed by atoms with Crippen molar-refractivity contribution in [2.24, 2.45) is 0 Å². The number of anilines is 1. The van der Waals surface area contributed by atoms with Gasteiger partial charge in [-0.1, -0.05) is 17.7 Å². The maximum absolute atomic E-state index is 10.9. The second-order valence-corrected chi connectivity index (χ2v) is 4.36. The number of hydrogen-bond acceptors (Lipinski definition) is 4. The average Bonchev–Trinajstić information content (AvgIpc) is 2.88. The van der Waals surface area contributed by atoms with E-state index in [4.69, 9.17) is 11.6 Å². The van der Waals surface area contributed by atoms with Gasteiger partial charge in [0.25, 0.3) is 5.69 Å². The minimum absolute atomic E-state index is 0.00880. The van der Waals surface area contributed by atoms with E-state index in [1.807, 2.05) is 0 Å². The van der Waals surface area contributed by atoms with Gasteiger partial charge in [-0.25, -0.2) is 4.98 Å². The molecule has 0 aliphatic heterocycles. The second kappa shape index (κ2) is 6.19. The molecule has 0 atom stereocenters. The van der Waals surface area contributed by atoms with Crippen molar-refractivity contribution in [3.8, 4) is 0 Å². The molecule has 0 saturated heterocycles. The van der Waals surface area contributed by atoms with Gasteiger partial charge < -0.3 is 10.3 Å². The largest absolute Gasteiger partial charge is 0.378 e. The van der Waals surface area contributed by atoms with Gasteiger partial charge in [-0.15, -0.1) is 0 Å². The number of nitro groups is 1. The van der Waals surface area contributed by atoms with Crippen molar-refractivity contribution < 1.29 is 4.92 Å². The zero-order valence-electron chi connectivity index (χ0n) is 10.1. The molecule has 0 saturated carbocycles. The van der Waals surface area contributed by atoms with E-state index < -0.39 is 4.92 Å². The fourth-order valence-corrected chi connectivity index (χ4v) is 1.98. The van der Waals surface area contributed by atoms with Crippen LogP contribution in [0, 0.1) is 10.1 Å². The molecule has 2 rings (SSSR count). The van der Waals surface area contributed by atoms with Crippen LogP contribution < -0.4 is 5.32 Å². The average molecular weight is 281 g/mol. The lowest BCUT2D eigenvalue weighted by Gasteiger charge is -2.08. The van der Waals surface area contributed by atoms with Crippen LogP contribution in [0.25, 0.3) is 0 Å². The summed E-state index contributed by atoms with van der Waals surface area (Å²) in [5.41, 5.74) is 0.360. The van der Waals surface area contributed by atoms with E-state index in [0.717, 1.165) is 18.7 Å². The number of nitro benzene ring substituents is 1. The maximum atomic E-state index is 10.9. The number of aromatic amines is 1. The Labute approximate surface area is 115 Å². The van der Waals surface area contributed by atoms with Gasteiger partial charge >= 0.3 is 0 Å². The summed E-state index contributed by atoms with van der Waals surface area (Å²) in [4.78, 5) is 17.6. The first-order chi connectivity index (χ1) is 9.18. The number of benzene rings is 1. The molecule has 0 bridgehead atoms. The van der Waals surface area contributed by atoms with Crippen LogP contribution in [0.15, 0.2) is 30.6 Å². The van der Waals surface area contributed by atoms with E-state index >= 15 is 0 Å². The number of nitrogens with one attached hydrogen (secondary N) is 2. The monoisotopic (exact) mass is 280 g/mol. The van der Waals surface area contributed by atoms with Crippen molar-refractivity contribution in [1.29, 1.82) is 0 Å². The summed E-state index contributed by atoms with van der Waals surface area (Å²) in [5, 5.41) is 14.2. The highest BCUT2D eigenvalue weighted by atomic mass is 35.5.